The maximum Gasteiger partial charge on any atom is 0.267 e. The van der Waals surface area contributed by atoms with Crippen LogP contribution >= 0.6 is 11.6 Å². The van der Waals surface area contributed by atoms with Crippen molar-refractivity contribution in [2.45, 2.75) is 25.6 Å². The highest BCUT2D eigenvalue weighted by atomic mass is 35.5. The van der Waals surface area contributed by atoms with Gasteiger partial charge in [-0.25, -0.2) is 0 Å². The molecule has 2 aromatic carbocycles. The van der Waals surface area contributed by atoms with Crippen LogP contribution in [0.4, 0.5) is 0 Å². The van der Waals surface area contributed by atoms with Gasteiger partial charge in [0.05, 0.1) is 10.6 Å². The molecule has 1 saturated heterocycles. The number of fused-ring (bicyclic) bond motifs is 1. The van der Waals surface area contributed by atoms with Crippen LogP contribution in [-0.4, -0.2) is 23.9 Å². The number of rotatable bonds is 2. The van der Waals surface area contributed by atoms with E-state index in [0.717, 1.165) is 31.5 Å². The van der Waals surface area contributed by atoms with Gasteiger partial charge in [-0.2, -0.15) is 0 Å². The van der Waals surface area contributed by atoms with E-state index in [0.29, 0.717) is 22.1 Å². The fourth-order valence-electron chi connectivity index (χ4n) is 3.15. The zero-order valence-electron chi connectivity index (χ0n) is 13.2. The molecule has 1 fully saturated rings. The molecule has 1 unspecified atom stereocenters. The van der Waals surface area contributed by atoms with Crippen LogP contribution in [0.25, 0.3) is 0 Å². The van der Waals surface area contributed by atoms with Crippen LogP contribution in [0, 0.1) is 0 Å². The summed E-state index contributed by atoms with van der Waals surface area (Å²) in [5, 5.41) is 0.404. The fourth-order valence-corrected chi connectivity index (χ4v) is 3.39. The second-order valence-corrected chi connectivity index (χ2v) is 6.52. The summed E-state index contributed by atoms with van der Waals surface area (Å²) in [6, 6.07) is 13.1. The van der Waals surface area contributed by atoms with Crippen molar-refractivity contribution < 1.29 is 14.3 Å². The topological polar surface area (TPSA) is 38.8 Å². The number of hydrogen-bond acceptors (Lipinski definition) is 3. The molecule has 1 amide bonds. The predicted molar refractivity (Wildman–Crippen MR) is 91.6 cm³/mol. The lowest BCUT2D eigenvalue weighted by Gasteiger charge is -2.27. The predicted octanol–water partition coefficient (Wildman–Crippen LogP) is 4.44. The third-order valence-corrected chi connectivity index (χ3v) is 4.76. The monoisotopic (exact) mass is 343 g/mol. The van der Waals surface area contributed by atoms with Crippen LogP contribution in [-0.2, 0) is 0 Å². The Bertz CT molecular complexity index is 757. The first kappa shape index (κ1) is 15.3. The smallest absolute Gasteiger partial charge is 0.267 e. The standard InChI is InChI=1S/C19H18ClNO3/c20-15-12-17-16(23-19(24-17)13-7-3-1-4-8-13)11-14(15)18(22)21-9-5-2-6-10-21/h1,3-4,7-8,11-12,19H,2,5-6,9-10H2. The lowest BCUT2D eigenvalue weighted by atomic mass is 10.1. The number of piperidine rings is 1. The second kappa shape index (κ2) is 6.36. The van der Waals surface area contributed by atoms with Gasteiger partial charge in [-0.15, -0.1) is 0 Å². The number of halogens is 1. The maximum atomic E-state index is 12.7. The number of carbonyl (C=O) groups excluding carboxylic acids is 1. The normalized spacial score (nSPS) is 19.4. The number of likely N-dealkylation sites (tertiary alicyclic amines) is 1. The van der Waals surface area contributed by atoms with Crippen molar-refractivity contribution in [1.82, 2.24) is 4.90 Å². The Kier molecular flexibility index (Phi) is 4.07. The Morgan fingerprint density at radius 3 is 2.38 bits per heavy atom. The second-order valence-electron chi connectivity index (χ2n) is 6.11. The van der Waals surface area contributed by atoms with Crippen molar-refractivity contribution >= 4 is 17.5 Å². The van der Waals surface area contributed by atoms with Gasteiger partial charge in [0.1, 0.15) is 0 Å². The van der Waals surface area contributed by atoms with Crippen LogP contribution in [0.15, 0.2) is 42.5 Å². The Labute approximate surface area is 145 Å². The Hall–Kier alpha value is -2.20. The van der Waals surface area contributed by atoms with Gasteiger partial charge in [0, 0.05) is 24.7 Å². The molecule has 0 radical (unpaired) electrons. The van der Waals surface area contributed by atoms with Crippen molar-refractivity contribution in [3.05, 3.63) is 58.6 Å². The first-order valence-electron chi connectivity index (χ1n) is 8.23. The van der Waals surface area contributed by atoms with Gasteiger partial charge in [0.2, 0.25) is 0 Å². The van der Waals surface area contributed by atoms with Crippen molar-refractivity contribution in [3.8, 4) is 11.5 Å². The van der Waals surface area contributed by atoms with E-state index >= 15 is 0 Å². The minimum absolute atomic E-state index is 0.0331. The van der Waals surface area contributed by atoms with E-state index in [1.165, 1.54) is 6.42 Å². The van der Waals surface area contributed by atoms with Crippen LogP contribution in [0.1, 0.15) is 41.5 Å². The average Bonchev–Trinajstić information content (AvgIpc) is 3.05. The van der Waals surface area contributed by atoms with E-state index in [1.807, 2.05) is 35.2 Å². The summed E-state index contributed by atoms with van der Waals surface area (Å²) in [7, 11) is 0. The quantitative estimate of drug-likeness (QED) is 0.809. The number of ether oxygens (including phenoxy) is 2. The van der Waals surface area contributed by atoms with Gasteiger partial charge in [0.25, 0.3) is 12.2 Å². The summed E-state index contributed by atoms with van der Waals surface area (Å²) in [6.07, 6.45) is 2.77. The Morgan fingerprint density at radius 1 is 1.00 bits per heavy atom. The van der Waals surface area contributed by atoms with Gasteiger partial charge in [-0.3, -0.25) is 4.79 Å². The number of benzene rings is 2. The van der Waals surface area contributed by atoms with E-state index in [9.17, 15) is 4.79 Å². The third-order valence-electron chi connectivity index (χ3n) is 4.45. The first-order chi connectivity index (χ1) is 11.7. The van der Waals surface area contributed by atoms with Gasteiger partial charge >= 0.3 is 0 Å². The molecule has 2 aromatic rings. The van der Waals surface area contributed by atoms with Crippen LogP contribution in [0.5, 0.6) is 11.5 Å². The van der Waals surface area contributed by atoms with Gasteiger partial charge < -0.3 is 14.4 Å². The summed E-state index contributed by atoms with van der Waals surface area (Å²) in [5.41, 5.74) is 1.41. The highest BCUT2D eigenvalue weighted by molar-refractivity contribution is 6.34. The molecular formula is C19H18ClNO3. The lowest BCUT2D eigenvalue weighted by Crippen LogP contribution is -2.35. The molecule has 0 aromatic heterocycles. The number of hydrogen-bond donors (Lipinski definition) is 0. The molecule has 4 nitrogen and oxygen atoms in total. The fraction of sp³-hybridized carbons (Fsp3) is 0.316. The SMILES string of the molecule is O=C(c1cc2c(cc1Cl)OC(c1ccccc1)O2)N1CCCCC1. The van der Waals surface area contributed by atoms with Crippen LogP contribution in [0.3, 0.4) is 0 Å². The minimum Gasteiger partial charge on any atom is -0.447 e. The van der Waals surface area contributed by atoms with E-state index in [4.69, 9.17) is 21.1 Å². The molecule has 1 atom stereocenters. The molecule has 2 heterocycles. The zero-order chi connectivity index (χ0) is 16.5. The van der Waals surface area contributed by atoms with Crippen LogP contribution < -0.4 is 9.47 Å². The summed E-state index contributed by atoms with van der Waals surface area (Å²) in [6.45, 7) is 1.58. The van der Waals surface area contributed by atoms with E-state index in [-0.39, 0.29) is 5.91 Å². The molecule has 24 heavy (non-hydrogen) atoms. The van der Waals surface area contributed by atoms with Gasteiger partial charge in [-0.05, 0) is 25.3 Å². The molecule has 2 aliphatic heterocycles. The Balaban J connectivity index is 1.59. The Morgan fingerprint density at radius 2 is 1.67 bits per heavy atom. The number of carbonyl (C=O) groups is 1. The molecule has 0 aliphatic carbocycles. The van der Waals surface area contributed by atoms with Gasteiger partial charge in [-0.1, -0.05) is 41.9 Å². The van der Waals surface area contributed by atoms with Crippen molar-refractivity contribution in [2.75, 3.05) is 13.1 Å². The first-order valence-corrected chi connectivity index (χ1v) is 8.61. The molecule has 0 N–H and O–H groups in total. The number of amides is 1. The molecule has 0 bridgehead atoms. The van der Waals surface area contributed by atoms with Crippen molar-refractivity contribution in [3.63, 3.8) is 0 Å². The molecule has 5 heteroatoms. The van der Waals surface area contributed by atoms with E-state index in [1.54, 1.807) is 12.1 Å². The molecule has 2 aliphatic rings. The molecule has 0 spiro atoms. The molecule has 4 rings (SSSR count). The van der Waals surface area contributed by atoms with Gasteiger partial charge in [0.15, 0.2) is 11.5 Å². The molecule has 124 valence electrons. The molecule has 0 saturated carbocycles. The summed E-state index contributed by atoms with van der Waals surface area (Å²) in [4.78, 5) is 14.6. The van der Waals surface area contributed by atoms with E-state index in [2.05, 4.69) is 0 Å². The summed E-state index contributed by atoms with van der Waals surface area (Å²) < 4.78 is 11.7. The van der Waals surface area contributed by atoms with Crippen molar-refractivity contribution in [1.29, 1.82) is 0 Å². The highest BCUT2D eigenvalue weighted by Gasteiger charge is 2.29. The van der Waals surface area contributed by atoms with Crippen LogP contribution in [0.2, 0.25) is 5.02 Å². The highest BCUT2D eigenvalue weighted by Crippen LogP contribution is 2.43. The minimum atomic E-state index is -0.502. The zero-order valence-corrected chi connectivity index (χ0v) is 14.0. The lowest BCUT2D eigenvalue weighted by molar-refractivity contribution is 0.0486. The maximum absolute atomic E-state index is 12.7. The van der Waals surface area contributed by atoms with Crippen molar-refractivity contribution in [2.24, 2.45) is 0 Å². The average molecular weight is 344 g/mol. The summed E-state index contributed by atoms with van der Waals surface area (Å²) >= 11 is 6.33. The largest absolute Gasteiger partial charge is 0.447 e. The summed E-state index contributed by atoms with van der Waals surface area (Å²) in [5.74, 6) is 1.10. The number of nitrogens with zero attached hydrogens (tertiary/aromatic N) is 1. The molecular weight excluding hydrogens is 326 g/mol. The van der Waals surface area contributed by atoms with E-state index < -0.39 is 6.29 Å². The third kappa shape index (κ3) is 2.82.